The fraction of sp³-hybridized carbons (Fsp3) is 0.250. The second-order valence-corrected chi connectivity index (χ2v) is 6.58. The predicted octanol–water partition coefficient (Wildman–Crippen LogP) is 1.80. The summed E-state index contributed by atoms with van der Waals surface area (Å²) in [6, 6.07) is 3.68. The Balaban J connectivity index is 1.62. The van der Waals surface area contributed by atoms with E-state index in [0.29, 0.717) is 16.8 Å². The van der Waals surface area contributed by atoms with E-state index in [2.05, 4.69) is 20.3 Å². The molecule has 0 spiro atoms. The van der Waals surface area contributed by atoms with E-state index in [1.165, 1.54) is 16.2 Å². The fourth-order valence-electron chi connectivity index (χ4n) is 2.88. The second-order valence-electron chi connectivity index (χ2n) is 5.50. The maximum atomic E-state index is 12.3. The highest BCUT2D eigenvalue weighted by Crippen LogP contribution is 2.34. The monoisotopic (exact) mass is 326 g/mol. The summed E-state index contributed by atoms with van der Waals surface area (Å²) in [4.78, 5) is 37.4. The topological polar surface area (TPSA) is 87.7 Å². The Morgan fingerprint density at radius 3 is 3.13 bits per heavy atom. The zero-order valence-electron chi connectivity index (χ0n) is 12.3. The number of aryl methyl sites for hydroxylation is 2. The number of carbonyl (C=O) groups is 1. The van der Waals surface area contributed by atoms with Crippen LogP contribution in [0.3, 0.4) is 0 Å². The standard InChI is InChI=1S/C16H14N4O2S/c21-14-12-10-4-1-5-11(10)23-16(12)20-13(19-14)15(22)18-8-9-3-2-6-17-7-9/h2-3,6-7H,1,4-5,8H2,(H,18,22)(H,19,20,21). The van der Waals surface area contributed by atoms with Gasteiger partial charge in [-0.05, 0) is 36.5 Å². The van der Waals surface area contributed by atoms with E-state index in [0.717, 1.165) is 30.4 Å². The van der Waals surface area contributed by atoms with Crippen molar-refractivity contribution in [2.75, 3.05) is 0 Å². The third-order valence-corrected chi connectivity index (χ3v) is 5.15. The Morgan fingerprint density at radius 2 is 2.30 bits per heavy atom. The predicted molar refractivity (Wildman–Crippen MR) is 87.7 cm³/mol. The van der Waals surface area contributed by atoms with Crippen molar-refractivity contribution < 1.29 is 4.79 Å². The second kappa shape index (κ2) is 5.58. The van der Waals surface area contributed by atoms with Crippen LogP contribution in [0.2, 0.25) is 0 Å². The highest BCUT2D eigenvalue weighted by molar-refractivity contribution is 7.18. The number of carbonyl (C=O) groups excluding carboxylic acids is 1. The summed E-state index contributed by atoms with van der Waals surface area (Å²) in [5, 5.41) is 3.41. The van der Waals surface area contributed by atoms with E-state index in [-0.39, 0.29) is 17.3 Å². The van der Waals surface area contributed by atoms with Gasteiger partial charge in [0, 0.05) is 23.8 Å². The first-order valence-corrected chi connectivity index (χ1v) is 8.25. The lowest BCUT2D eigenvalue weighted by Crippen LogP contribution is -2.27. The van der Waals surface area contributed by atoms with Crippen molar-refractivity contribution in [2.45, 2.75) is 25.8 Å². The number of nitrogens with zero attached hydrogens (tertiary/aromatic N) is 2. The number of rotatable bonds is 3. The van der Waals surface area contributed by atoms with Crippen molar-refractivity contribution in [3.63, 3.8) is 0 Å². The maximum absolute atomic E-state index is 12.3. The van der Waals surface area contributed by atoms with E-state index in [4.69, 9.17) is 0 Å². The van der Waals surface area contributed by atoms with Crippen LogP contribution in [0.25, 0.3) is 10.2 Å². The number of H-pyrrole nitrogens is 1. The molecule has 0 fully saturated rings. The summed E-state index contributed by atoms with van der Waals surface area (Å²) in [5.74, 6) is -0.326. The van der Waals surface area contributed by atoms with Crippen LogP contribution >= 0.6 is 11.3 Å². The molecule has 0 unspecified atom stereocenters. The quantitative estimate of drug-likeness (QED) is 0.768. The van der Waals surface area contributed by atoms with E-state index < -0.39 is 0 Å². The van der Waals surface area contributed by atoms with E-state index >= 15 is 0 Å². The van der Waals surface area contributed by atoms with Gasteiger partial charge in [-0.2, -0.15) is 0 Å². The first-order chi connectivity index (χ1) is 11.2. The number of hydrogen-bond donors (Lipinski definition) is 2. The number of pyridine rings is 1. The highest BCUT2D eigenvalue weighted by atomic mass is 32.1. The Hall–Kier alpha value is -2.54. The average molecular weight is 326 g/mol. The third-order valence-electron chi connectivity index (χ3n) is 3.97. The molecular formula is C16H14N4O2S. The molecule has 0 saturated carbocycles. The summed E-state index contributed by atoms with van der Waals surface area (Å²) >= 11 is 1.53. The molecule has 3 aromatic rings. The summed E-state index contributed by atoms with van der Waals surface area (Å²) in [6.07, 6.45) is 6.37. The molecule has 0 atom stereocenters. The van der Waals surface area contributed by atoms with Gasteiger partial charge in [-0.25, -0.2) is 4.98 Å². The van der Waals surface area contributed by atoms with Gasteiger partial charge in [0.05, 0.1) is 5.39 Å². The molecule has 3 aromatic heterocycles. The van der Waals surface area contributed by atoms with Crippen molar-refractivity contribution in [3.8, 4) is 0 Å². The minimum absolute atomic E-state index is 0.0614. The number of nitrogens with one attached hydrogen (secondary N) is 2. The molecule has 4 rings (SSSR count). The van der Waals surface area contributed by atoms with Crippen molar-refractivity contribution >= 4 is 27.5 Å². The Kier molecular flexibility index (Phi) is 3.42. The van der Waals surface area contributed by atoms with Gasteiger partial charge >= 0.3 is 0 Å². The van der Waals surface area contributed by atoms with Crippen molar-refractivity contribution in [1.29, 1.82) is 0 Å². The van der Waals surface area contributed by atoms with Gasteiger partial charge in [-0.15, -0.1) is 11.3 Å². The average Bonchev–Trinajstić information content (AvgIpc) is 3.13. The van der Waals surface area contributed by atoms with Crippen LogP contribution in [0.15, 0.2) is 29.3 Å². The first-order valence-electron chi connectivity index (χ1n) is 7.44. The van der Waals surface area contributed by atoms with Crippen LogP contribution in [0.4, 0.5) is 0 Å². The lowest BCUT2D eigenvalue weighted by atomic mass is 10.2. The van der Waals surface area contributed by atoms with Crippen molar-refractivity contribution in [2.24, 2.45) is 0 Å². The van der Waals surface area contributed by atoms with Crippen LogP contribution in [0, 0.1) is 0 Å². The van der Waals surface area contributed by atoms with Gasteiger partial charge in [-0.3, -0.25) is 14.6 Å². The number of aromatic amines is 1. The first kappa shape index (κ1) is 14.1. The van der Waals surface area contributed by atoms with Crippen LogP contribution in [0.5, 0.6) is 0 Å². The molecule has 3 heterocycles. The highest BCUT2D eigenvalue weighted by Gasteiger charge is 2.22. The molecule has 23 heavy (non-hydrogen) atoms. The smallest absolute Gasteiger partial charge is 0.287 e. The number of amides is 1. The molecular weight excluding hydrogens is 312 g/mol. The number of hydrogen-bond acceptors (Lipinski definition) is 5. The summed E-state index contributed by atoms with van der Waals surface area (Å²) in [5.41, 5.74) is 1.78. The van der Waals surface area contributed by atoms with Gasteiger partial charge in [-0.1, -0.05) is 6.07 Å². The maximum Gasteiger partial charge on any atom is 0.287 e. The molecule has 116 valence electrons. The van der Waals surface area contributed by atoms with E-state index in [9.17, 15) is 9.59 Å². The summed E-state index contributed by atoms with van der Waals surface area (Å²) < 4.78 is 0. The Labute approximate surface area is 135 Å². The van der Waals surface area contributed by atoms with Crippen LogP contribution in [-0.2, 0) is 19.4 Å². The van der Waals surface area contributed by atoms with E-state index in [1.54, 1.807) is 18.5 Å². The molecule has 1 amide bonds. The van der Waals surface area contributed by atoms with Gasteiger partial charge in [0.1, 0.15) is 4.83 Å². The molecule has 0 aliphatic heterocycles. The molecule has 0 saturated heterocycles. The van der Waals surface area contributed by atoms with Crippen LogP contribution in [-0.4, -0.2) is 20.9 Å². The fourth-order valence-corrected chi connectivity index (χ4v) is 4.14. The molecule has 0 bridgehead atoms. The normalized spacial score (nSPS) is 13.2. The van der Waals surface area contributed by atoms with Crippen molar-refractivity contribution in [3.05, 3.63) is 56.7 Å². The molecule has 6 nitrogen and oxygen atoms in total. The molecule has 0 radical (unpaired) electrons. The van der Waals surface area contributed by atoms with Gasteiger partial charge in [0.2, 0.25) is 5.82 Å². The molecule has 7 heteroatoms. The van der Waals surface area contributed by atoms with Gasteiger partial charge in [0.25, 0.3) is 11.5 Å². The van der Waals surface area contributed by atoms with E-state index in [1.807, 2.05) is 6.07 Å². The van der Waals surface area contributed by atoms with Gasteiger partial charge in [0.15, 0.2) is 0 Å². The van der Waals surface area contributed by atoms with Crippen molar-refractivity contribution in [1.82, 2.24) is 20.3 Å². The zero-order chi connectivity index (χ0) is 15.8. The molecule has 1 aliphatic rings. The Bertz CT molecular complexity index is 946. The SMILES string of the molecule is O=C(NCc1cccnc1)c1nc2sc3c(c2c(=O)[nH]1)CCC3. The number of fused-ring (bicyclic) bond motifs is 3. The molecule has 0 aromatic carbocycles. The number of aromatic nitrogens is 3. The van der Waals surface area contributed by atoms with Gasteiger partial charge < -0.3 is 10.3 Å². The lowest BCUT2D eigenvalue weighted by molar-refractivity contribution is 0.0940. The molecule has 1 aliphatic carbocycles. The molecule has 2 N–H and O–H groups in total. The van der Waals surface area contributed by atoms with Crippen LogP contribution < -0.4 is 10.9 Å². The summed E-state index contributed by atoms with van der Waals surface area (Å²) in [6.45, 7) is 0.343. The third kappa shape index (κ3) is 2.53. The van der Waals surface area contributed by atoms with Crippen LogP contribution in [0.1, 0.15) is 33.0 Å². The largest absolute Gasteiger partial charge is 0.345 e. The zero-order valence-corrected chi connectivity index (χ0v) is 13.1. The lowest BCUT2D eigenvalue weighted by Gasteiger charge is -2.04. The Morgan fingerprint density at radius 1 is 1.39 bits per heavy atom. The summed E-state index contributed by atoms with van der Waals surface area (Å²) in [7, 11) is 0. The number of thiophene rings is 1. The minimum Gasteiger partial charge on any atom is -0.345 e. The minimum atomic E-state index is -0.388.